The molecule has 1 aromatic heterocycles. The van der Waals surface area contributed by atoms with Gasteiger partial charge in [0, 0.05) is 24.6 Å². The Hall–Kier alpha value is -2.62. The van der Waals surface area contributed by atoms with Gasteiger partial charge in [0.05, 0.1) is 11.0 Å². The number of aromatic nitrogens is 2. The lowest BCUT2D eigenvalue weighted by atomic mass is 9.96. The van der Waals surface area contributed by atoms with Gasteiger partial charge in [-0.3, -0.25) is 4.79 Å². The second-order valence-corrected chi connectivity index (χ2v) is 6.65. The molecule has 24 heavy (non-hydrogen) atoms. The maximum Gasteiger partial charge on any atom is 0.228 e. The third kappa shape index (κ3) is 2.58. The number of aryl methyl sites for hydroxylation is 3. The molecule has 122 valence electrons. The van der Waals surface area contributed by atoms with E-state index in [1.165, 1.54) is 16.6 Å². The summed E-state index contributed by atoms with van der Waals surface area (Å²) in [6.07, 6.45) is 1.55. The molecule has 0 fully saturated rings. The Labute approximate surface area is 141 Å². The van der Waals surface area contributed by atoms with E-state index in [1.54, 1.807) is 0 Å². The smallest absolute Gasteiger partial charge is 0.228 e. The topological polar surface area (TPSA) is 46.9 Å². The van der Waals surface area contributed by atoms with Crippen molar-refractivity contribution in [1.82, 2.24) is 9.55 Å². The summed E-state index contributed by atoms with van der Waals surface area (Å²) >= 11 is 0. The van der Waals surface area contributed by atoms with Crippen LogP contribution < -0.4 is 5.32 Å². The number of amides is 1. The highest BCUT2D eigenvalue weighted by Crippen LogP contribution is 2.26. The van der Waals surface area contributed by atoms with Gasteiger partial charge in [0.1, 0.15) is 5.82 Å². The molecule has 0 radical (unpaired) electrons. The first-order valence-corrected chi connectivity index (χ1v) is 8.44. The zero-order valence-corrected chi connectivity index (χ0v) is 14.0. The lowest BCUT2D eigenvalue weighted by Gasteiger charge is -2.23. The average Bonchev–Trinajstić information content (AvgIpc) is 2.96. The number of anilines is 1. The fourth-order valence-electron chi connectivity index (χ4n) is 3.43. The van der Waals surface area contributed by atoms with Crippen molar-refractivity contribution >= 4 is 22.6 Å². The molecule has 4 heteroatoms. The summed E-state index contributed by atoms with van der Waals surface area (Å²) in [5.41, 5.74) is 5.49. The van der Waals surface area contributed by atoms with E-state index >= 15 is 0 Å². The number of carbonyl (C=O) groups is 1. The largest absolute Gasteiger partial charge is 0.328 e. The molecule has 0 unspecified atom stereocenters. The van der Waals surface area contributed by atoms with Gasteiger partial charge in [-0.1, -0.05) is 18.2 Å². The molecule has 2 heterocycles. The highest BCUT2D eigenvalue weighted by atomic mass is 16.1. The van der Waals surface area contributed by atoms with Gasteiger partial charge in [-0.05, 0) is 55.7 Å². The highest BCUT2D eigenvalue weighted by Gasteiger charge is 2.27. The summed E-state index contributed by atoms with van der Waals surface area (Å²) in [5, 5.41) is 3.07. The second-order valence-electron chi connectivity index (χ2n) is 6.65. The van der Waals surface area contributed by atoms with E-state index in [-0.39, 0.29) is 11.8 Å². The predicted octanol–water partition coefficient (Wildman–Crippen LogP) is 3.85. The van der Waals surface area contributed by atoms with Crippen LogP contribution in [0, 0.1) is 19.8 Å². The number of hydrogen-bond acceptors (Lipinski definition) is 2. The lowest BCUT2D eigenvalue weighted by molar-refractivity contribution is -0.120. The predicted molar refractivity (Wildman–Crippen MR) is 96.1 cm³/mol. The Balaban J connectivity index is 1.53. The maximum atomic E-state index is 12.6. The van der Waals surface area contributed by atoms with Crippen molar-refractivity contribution in [2.24, 2.45) is 5.92 Å². The third-order valence-corrected chi connectivity index (χ3v) is 5.01. The van der Waals surface area contributed by atoms with Crippen molar-refractivity contribution in [3.8, 4) is 0 Å². The number of nitrogens with zero attached hydrogens (tertiary/aromatic N) is 2. The minimum absolute atomic E-state index is 0.0177. The monoisotopic (exact) mass is 319 g/mol. The van der Waals surface area contributed by atoms with Crippen molar-refractivity contribution in [3.63, 3.8) is 0 Å². The number of rotatable bonds is 2. The Morgan fingerprint density at radius 2 is 2.00 bits per heavy atom. The standard InChI is InChI=1S/C20H21N3O/c1-13-7-8-16(11-14(13)2)21-20(24)15-9-10-23-18-6-4-3-5-17(18)22-19(23)12-15/h3-8,11,15H,9-10,12H2,1-2H3,(H,21,24)/t15-/m1/s1. The van der Waals surface area contributed by atoms with Crippen LogP contribution in [0.2, 0.25) is 0 Å². The SMILES string of the molecule is Cc1ccc(NC(=O)[C@@H]2CCn3c(nc4ccccc43)C2)cc1C. The fraction of sp³-hybridized carbons (Fsp3) is 0.300. The van der Waals surface area contributed by atoms with Crippen LogP contribution in [0.25, 0.3) is 11.0 Å². The van der Waals surface area contributed by atoms with E-state index in [9.17, 15) is 4.79 Å². The van der Waals surface area contributed by atoms with Gasteiger partial charge in [0.25, 0.3) is 0 Å². The summed E-state index contributed by atoms with van der Waals surface area (Å²) in [6.45, 7) is 4.99. The van der Waals surface area contributed by atoms with Crippen LogP contribution in [0.15, 0.2) is 42.5 Å². The summed E-state index contributed by atoms with van der Waals surface area (Å²) in [7, 11) is 0. The minimum atomic E-state index is -0.0177. The Kier molecular flexibility index (Phi) is 3.60. The minimum Gasteiger partial charge on any atom is -0.328 e. The molecule has 0 bridgehead atoms. The second kappa shape index (κ2) is 5.78. The number of fused-ring (bicyclic) bond motifs is 3. The van der Waals surface area contributed by atoms with E-state index < -0.39 is 0 Å². The van der Waals surface area contributed by atoms with E-state index in [0.717, 1.165) is 30.0 Å². The number of hydrogen-bond donors (Lipinski definition) is 1. The van der Waals surface area contributed by atoms with E-state index in [2.05, 4.69) is 29.8 Å². The van der Waals surface area contributed by atoms with Crippen LogP contribution in [0.4, 0.5) is 5.69 Å². The molecule has 1 aliphatic rings. The molecule has 1 amide bonds. The van der Waals surface area contributed by atoms with Crippen molar-refractivity contribution in [3.05, 3.63) is 59.4 Å². The molecule has 3 aromatic rings. The van der Waals surface area contributed by atoms with Gasteiger partial charge in [0.15, 0.2) is 0 Å². The molecular weight excluding hydrogens is 298 g/mol. The van der Waals surface area contributed by atoms with E-state index in [0.29, 0.717) is 6.42 Å². The molecule has 2 aromatic carbocycles. The van der Waals surface area contributed by atoms with Crippen LogP contribution in [0.3, 0.4) is 0 Å². The Morgan fingerprint density at radius 3 is 2.83 bits per heavy atom. The molecule has 4 nitrogen and oxygen atoms in total. The first-order valence-electron chi connectivity index (χ1n) is 8.44. The van der Waals surface area contributed by atoms with Crippen molar-refractivity contribution in [1.29, 1.82) is 0 Å². The average molecular weight is 319 g/mol. The van der Waals surface area contributed by atoms with E-state index in [4.69, 9.17) is 4.98 Å². The highest BCUT2D eigenvalue weighted by molar-refractivity contribution is 5.93. The van der Waals surface area contributed by atoms with Crippen LogP contribution in [-0.2, 0) is 17.8 Å². The van der Waals surface area contributed by atoms with Crippen molar-refractivity contribution in [2.45, 2.75) is 33.2 Å². The first kappa shape index (κ1) is 14.9. The lowest BCUT2D eigenvalue weighted by Crippen LogP contribution is -2.30. The quantitative estimate of drug-likeness (QED) is 0.780. The van der Waals surface area contributed by atoms with Crippen LogP contribution in [0.1, 0.15) is 23.4 Å². The maximum absolute atomic E-state index is 12.6. The molecule has 1 atom stereocenters. The van der Waals surface area contributed by atoms with Gasteiger partial charge in [-0.25, -0.2) is 4.98 Å². The fourth-order valence-corrected chi connectivity index (χ4v) is 3.43. The number of imidazole rings is 1. The van der Waals surface area contributed by atoms with Crippen molar-refractivity contribution < 1.29 is 4.79 Å². The summed E-state index contributed by atoms with van der Waals surface area (Å²) in [6, 6.07) is 14.2. The summed E-state index contributed by atoms with van der Waals surface area (Å²) in [4.78, 5) is 17.3. The van der Waals surface area contributed by atoms with Crippen LogP contribution in [0.5, 0.6) is 0 Å². The zero-order valence-electron chi connectivity index (χ0n) is 14.0. The molecular formula is C20H21N3O. The molecule has 1 aliphatic heterocycles. The van der Waals surface area contributed by atoms with Crippen LogP contribution in [-0.4, -0.2) is 15.5 Å². The first-order chi connectivity index (χ1) is 11.6. The molecule has 0 saturated heterocycles. The number of benzene rings is 2. The van der Waals surface area contributed by atoms with Crippen LogP contribution >= 0.6 is 0 Å². The van der Waals surface area contributed by atoms with Gasteiger partial charge in [-0.15, -0.1) is 0 Å². The zero-order chi connectivity index (χ0) is 16.7. The summed E-state index contributed by atoms with van der Waals surface area (Å²) in [5.74, 6) is 1.09. The van der Waals surface area contributed by atoms with Gasteiger partial charge in [-0.2, -0.15) is 0 Å². The van der Waals surface area contributed by atoms with E-state index in [1.807, 2.05) is 36.4 Å². The van der Waals surface area contributed by atoms with Crippen molar-refractivity contribution in [2.75, 3.05) is 5.32 Å². The number of carbonyl (C=O) groups excluding carboxylic acids is 1. The normalized spacial score (nSPS) is 16.8. The molecule has 0 aliphatic carbocycles. The van der Waals surface area contributed by atoms with Gasteiger partial charge in [0.2, 0.25) is 5.91 Å². The van der Waals surface area contributed by atoms with Gasteiger partial charge >= 0.3 is 0 Å². The Morgan fingerprint density at radius 1 is 1.17 bits per heavy atom. The third-order valence-electron chi connectivity index (χ3n) is 5.01. The number of para-hydroxylation sites is 2. The molecule has 4 rings (SSSR count). The molecule has 1 N–H and O–H groups in total. The number of nitrogens with one attached hydrogen (secondary N) is 1. The summed E-state index contributed by atoms with van der Waals surface area (Å²) < 4.78 is 2.25. The molecule has 0 saturated carbocycles. The Bertz CT molecular complexity index is 926. The van der Waals surface area contributed by atoms with Gasteiger partial charge < -0.3 is 9.88 Å². The molecule has 0 spiro atoms.